The van der Waals surface area contributed by atoms with Gasteiger partial charge in [0.05, 0.1) is 21.8 Å². The van der Waals surface area contributed by atoms with Crippen LogP contribution in [0.5, 0.6) is 0 Å². The number of hydrogen-bond acceptors (Lipinski definition) is 5. The van der Waals surface area contributed by atoms with Crippen LogP contribution in [-0.2, 0) is 22.5 Å². The molecule has 1 N–H and O–H groups in total. The van der Waals surface area contributed by atoms with E-state index >= 15 is 0 Å². The molecular weight excluding hydrogens is 390 g/mol. The number of para-hydroxylation sites is 2. The van der Waals surface area contributed by atoms with Crippen LogP contribution < -0.4 is 5.32 Å². The molecule has 29 heavy (non-hydrogen) atoms. The number of nitrogens with zero attached hydrogens (tertiary/aromatic N) is 2. The van der Waals surface area contributed by atoms with E-state index in [0.717, 1.165) is 35.1 Å². The molecule has 2 aromatic carbocycles. The lowest BCUT2D eigenvalue weighted by Crippen LogP contribution is -2.30. The second-order valence-corrected chi connectivity index (χ2v) is 7.43. The van der Waals surface area contributed by atoms with E-state index in [1.165, 1.54) is 0 Å². The van der Waals surface area contributed by atoms with Gasteiger partial charge in [-0.1, -0.05) is 41.9 Å². The van der Waals surface area contributed by atoms with Crippen molar-refractivity contribution >= 4 is 40.1 Å². The van der Waals surface area contributed by atoms with E-state index in [1.807, 2.05) is 31.3 Å². The number of nitrogens with one attached hydrogen (secondary N) is 1. The molecule has 0 radical (unpaired) electrons. The summed E-state index contributed by atoms with van der Waals surface area (Å²) in [6.45, 7) is 1.10. The van der Waals surface area contributed by atoms with Crippen molar-refractivity contribution in [3.05, 3.63) is 70.4 Å². The van der Waals surface area contributed by atoms with E-state index in [-0.39, 0.29) is 0 Å². The third kappa shape index (κ3) is 4.09. The number of benzene rings is 2. The molecule has 2 heterocycles. The van der Waals surface area contributed by atoms with Crippen LogP contribution in [0.25, 0.3) is 10.9 Å². The molecule has 3 aromatic rings. The van der Waals surface area contributed by atoms with Gasteiger partial charge in [-0.15, -0.1) is 0 Å². The van der Waals surface area contributed by atoms with Gasteiger partial charge in [-0.3, -0.25) is 9.78 Å². The van der Waals surface area contributed by atoms with Gasteiger partial charge in [-0.05, 0) is 25.2 Å². The molecule has 0 fully saturated rings. The van der Waals surface area contributed by atoms with Gasteiger partial charge in [0.1, 0.15) is 0 Å². The smallest absolute Gasteiger partial charge is 0.339 e. The number of rotatable bonds is 4. The molecule has 0 unspecified atom stereocenters. The third-order valence-corrected chi connectivity index (χ3v) is 5.25. The second-order valence-electron chi connectivity index (χ2n) is 7.02. The molecule has 4 rings (SSSR count). The lowest BCUT2D eigenvalue weighted by atomic mass is 9.96. The average Bonchev–Trinajstić information content (AvgIpc) is 2.72. The summed E-state index contributed by atoms with van der Waals surface area (Å²) in [5.41, 5.74) is 3.50. The number of hydrogen-bond donors (Lipinski definition) is 1. The molecule has 0 saturated heterocycles. The van der Waals surface area contributed by atoms with Crippen molar-refractivity contribution in [2.45, 2.75) is 13.0 Å². The van der Waals surface area contributed by atoms with Crippen LogP contribution in [0.4, 0.5) is 5.69 Å². The van der Waals surface area contributed by atoms with Crippen molar-refractivity contribution in [1.29, 1.82) is 0 Å². The Bertz CT molecular complexity index is 1100. The number of esters is 1. The Morgan fingerprint density at radius 2 is 1.93 bits per heavy atom. The summed E-state index contributed by atoms with van der Waals surface area (Å²) in [4.78, 5) is 32.1. The minimum absolute atomic E-state index is 0.398. The molecule has 1 aliphatic rings. The summed E-state index contributed by atoms with van der Waals surface area (Å²) in [5.74, 6) is -0.972. The van der Waals surface area contributed by atoms with E-state index in [9.17, 15) is 9.59 Å². The number of carbonyl (C=O) groups excluding carboxylic acids is 2. The van der Waals surface area contributed by atoms with Crippen LogP contribution in [0.15, 0.2) is 48.5 Å². The highest BCUT2D eigenvalue weighted by Gasteiger charge is 2.25. The normalized spacial score (nSPS) is 13.7. The Morgan fingerprint density at radius 1 is 1.17 bits per heavy atom. The molecule has 0 spiro atoms. The summed E-state index contributed by atoms with van der Waals surface area (Å²) >= 11 is 6.05. The minimum atomic E-state index is -0.524. The Morgan fingerprint density at radius 3 is 2.76 bits per heavy atom. The van der Waals surface area contributed by atoms with Gasteiger partial charge in [-0.25, -0.2) is 4.79 Å². The molecule has 7 heteroatoms. The van der Waals surface area contributed by atoms with Gasteiger partial charge in [0, 0.05) is 36.2 Å². The number of likely N-dealkylation sites (N-methyl/N-ethyl adjacent to an activating group) is 1. The van der Waals surface area contributed by atoms with Crippen molar-refractivity contribution in [3.8, 4) is 0 Å². The third-order valence-electron chi connectivity index (χ3n) is 4.92. The fourth-order valence-electron chi connectivity index (χ4n) is 3.51. The monoisotopic (exact) mass is 409 g/mol. The maximum absolute atomic E-state index is 13.0. The molecule has 1 aromatic heterocycles. The van der Waals surface area contributed by atoms with Crippen LogP contribution in [0.3, 0.4) is 0 Å². The Balaban J connectivity index is 1.57. The van der Waals surface area contributed by atoms with Crippen LogP contribution in [0.2, 0.25) is 5.02 Å². The zero-order valence-electron chi connectivity index (χ0n) is 15.9. The summed E-state index contributed by atoms with van der Waals surface area (Å²) in [7, 11) is 2.00. The number of ether oxygens (including phenoxy) is 1. The molecule has 6 nitrogen and oxygen atoms in total. The van der Waals surface area contributed by atoms with Crippen molar-refractivity contribution in [1.82, 2.24) is 9.88 Å². The first-order valence-electron chi connectivity index (χ1n) is 9.33. The molecule has 0 atom stereocenters. The number of carbonyl (C=O) groups is 2. The lowest BCUT2D eigenvalue weighted by Gasteiger charge is -2.26. The molecule has 0 bridgehead atoms. The Kier molecular flexibility index (Phi) is 5.47. The van der Waals surface area contributed by atoms with Gasteiger partial charge < -0.3 is 15.0 Å². The standard InChI is InChI=1S/C22H20ClN3O3/c1-26-11-10-18-15(12-26)21(14-6-2-4-8-17(14)24-18)22(28)29-13-20(27)25-19-9-5-3-7-16(19)23/h2-9H,10-13H2,1H3,(H,25,27). The first-order valence-corrected chi connectivity index (χ1v) is 9.71. The largest absolute Gasteiger partial charge is 0.452 e. The molecular formula is C22H20ClN3O3. The zero-order chi connectivity index (χ0) is 20.4. The van der Waals surface area contributed by atoms with Gasteiger partial charge >= 0.3 is 5.97 Å². The average molecular weight is 410 g/mol. The van der Waals surface area contributed by atoms with Crippen molar-refractivity contribution < 1.29 is 14.3 Å². The van der Waals surface area contributed by atoms with Gasteiger partial charge in [0.2, 0.25) is 0 Å². The van der Waals surface area contributed by atoms with E-state index in [4.69, 9.17) is 21.3 Å². The van der Waals surface area contributed by atoms with Crippen molar-refractivity contribution in [2.24, 2.45) is 0 Å². The predicted octanol–water partition coefficient (Wildman–Crippen LogP) is 3.67. The SMILES string of the molecule is CN1CCc2nc3ccccc3c(C(=O)OCC(=O)Nc3ccccc3Cl)c2C1. The quantitative estimate of drug-likeness (QED) is 0.665. The summed E-state index contributed by atoms with van der Waals surface area (Å²) in [5, 5.41) is 3.81. The van der Waals surface area contributed by atoms with Crippen LogP contribution in [-0.4, -0.2) is 42.0 Å². The zero-order valence-corrected chi connectivity index (χ0v) is 16.7. The van der Waals surface area contributed by atoms with Crippen LogP contribution >= 0.6 is 11.6 Å². The molecule has 0 saturated carbocycles. The predicted molar refractivity (Wildman–Crippen MR) is 112 cm³/mol. The highest BCUT2D eigenvalue weighted by Crippen LogP contribution is 2.28. The molecule has 0 aliphatic carbocycles. The van der Waals surface area contributed by atoms with Crippen LogP contribution in [0, 0.1) is 0 Å². The van der Waals surface area contributed by atoms with Gasteiger partial charge in [-0.2, -0.15) is 0 Å². The number of pyridine rings is 1. The molecule has 148 valence electrons. The fourth-order valence-corrected chi connectivity index (χ4v) is 3.69. The van der Waals surface area contributed by atoms with Crippen molar-refractivity contribution in [3.63, 3.8) is 0 Å². The van der Waals surface area contributed by atoms with E-state index in [2.05, 4.69) is 10.2 Å². The van der Waals surface area contributed by atoms with Gasteiger partial charge in [0.15, 0.2) is 6.61 Å². The Labute approximate surface area is 173 Å². The van der Waals surface area contributed by atoms with E-state index in [1.54, 1.807) is 24.3 Å². The number of halogens is 1. The van der Waals surface area contributed by atoms with Crippen LogP contribution in [0.1, 0.15) is 21.6 Å². The summed E-state index contributed by atoms with van der Waals surface area (Å²) < 4.78 is 5.37. The fraction of sp³-hybridized carbons (Fsp3) is 0.227. The Hall–Kier alpha value is -2.96. The maximum Gasteiger partial charge on any atom is 0.339 e. The minimum Gasteiger partial charge on any atom is -0.452 e. The number of anilines is 1. The second kappa shape index (κ2) is 8.19. The highest BCUT2D eigenvalue weighted by atomic mass is 35.5. The summed E-state index contributed by atoms with van der Waals surface area (Å²) in [6, 6.07) is 14.4. The number of aromatic nitrogens is 1. The highest BCUT2D eigenvalue weighted by molar-refractivity contribution is 6.33. The van der Waals surface area contributed by atoms with Gasteiger partial charge in [0.25, 0.3) is 5.91 Å². The van der Waals surface area contributed by atoms with E-state index in [0.29, 0.717) is 22.8 Å². The molecule has 1 aliphatic heterocycles. The topological polar surface area (TPSA) is 71.5 Å². The van der Waals surface area contributed by atoms with Crippen molar-refractivity contribution in [2.75, 3.05) is 25.5 Å². The number of fused-ring (bicyclic) bond motifs is 2. The first-order chi connectivity index (χ1) is 14.0. The first kappa shape index (κ1) is 19.4. The van der Waals surface area contributed by atoms with E-state index < -0.39 is 18.5 Å². The number of amides is 1. The lowest BCUT2D eigenvalue weighted by molar-refractivity contribution is -0.119. The maximum atomic E-state index is 13.0. The molecule has 1 amide bonds. The summed E-state index contributed by atoms with van der Waals surface area (Å²) in [6.07, 6.45) is 0.768.